The average Bonchev–Trinajstić information content (AvgIpc) is 2.83. The monoisotopic (exact) mass is 297 g/mol. The lowest BCUT2D eigenvalue weighted by molar-refractivity contribution is -0.139. The standard InChI is InChI=1S/C13H12FNO4S/c14-8-2-1-3-10-7(8)6-11(20-10)12(17)15-9(4-5-16)13(18)19/h1-3,6,9,16H,4-5H2,(H,15,17)(H,18,19). The molecule has 1 aromatic carbocycles. The summed E-state index contributed by atoms with van der Waals surface area (Å²) in [7, 11) is 0. The molecule has 0 aliphatic heterocycles. The van der Waals surface area contributed by atoms with E-state index in [0.717, 1.165) is 11.3 Å². The second kappa shape index (κ2) is 5.98. The zero-order valence-electron chi connectivity index (χ0n) is 10.3. The van der Waals surface area contributed by atoms with Crippen LogP contribution in [0.1, 0.15) is 16.1 Å². The molecule has 0 saturated carbocycles. The average molecular weight is 297 g/mol. The molecule has 2 rings (SSSR count). The lowest BCUT2D eigenvalue weighted by Crippen LogP contribution is -2.41. The molecule has 1 unspecified atom stereocenters. The number of amides is 1. The van der Waals surface area contributed by atoms with Crippen LogP contribution in [0.25, 0.3) is 10.1 Å². The van der Waals surface area contributed by atoms with E-state index in [1.165, 1.54) is 12.1 Å². The van der Waals surface area contributed by atoms with Crippen molar-refractivity contribution in [3.05, 3.63) is 35.0 Å². The first-order chi connectivity index (χ1) is 9.52. The van der Waals surface area contributed by atoms with Crippen LogP contribution in [0, 0.1) is 5.82 Å². The fourth-order valence-electron chi connectivity index (χ4n) is 1.75. The van der Waals surface area contributed by atoms with E-state index in [1.54, 1.807) is 12.1 Å². The number of hydrogen-bond acceptors (Lipinski definition) is 4. The van der Waals surface area contributed by atoms with Gasteiger partial charge in [-0.25, -0.2) is 9.18 Å². The first-order valence-electron chi connectivity index (χ1n) is 5.85. The highest BCUT2D eigenvalue weighted by Crippen LogP contribution is 2.27. The third-order valence-corrected chi connectivity index (χ3v) is 3.85. The number of halogens is 1. The summed E-state index contributed by atoms with van der Waals surface area (Å²) in [5.41, 5.74) is 0. The molecule has 0 bridgehead atoms. The van der Waals surface area contributed by atoms with Crippen molar-refractivity contribution in [1.82, 2.24) is 5.32 Å². The molecule has 0 aliphatic rings. The first kappa shape index (κ1) is 14.4. The van der Waals surface area contributed by atoms with Crippen molar-refractivity contribution in [3.8, 4) is 0 Å². The molecule has 0 aliphatic carbocycles. The molecular weight excluding hydrogens is 285 g/mol. The summed E-state index contributed by atoms with van der Waals surface area (Å²) < 4.78 is 14.1. The smallest absolute Gasteiger partial charge is 0.326 e. The topological polar surface area (TPSA) is 86.6 Å². The van der Waals surface area contributed by atoms with E-state index in [2.05, 4.69) is 5.32 Å². The van der Waals surface area contributed by atoms with Gasteiger partial charge in [0.25, 0.3) is 5.91 Å². The highest BCUT2D eigenvalue weighted by molar-refractivity contribution is 7.20. The van der Waals surface area contributed by atoms with Crippen LogP contribution >= 0.6 is 11.3 Å². The SMILES string of the molecule is O=C(NC(CCO)C(=O)O)c1cc2c(F)cccc2s1. The summed E-state index contributed by atoms with van der Waals surface area (Å²) >= 11 is 1.08. The lowest BCUT2D eigenvalue weighted by atomic mass is 10.2. The van der Waals surface area contributed by atoms with Gasteiger partial charge in [0, 0.05) is 23.1 Å². The minimum Gasteiger partial charge on any atom is -0.480 e. The predicted octanol–water partition coefficient (Wildman–Crippen LogP) is 1.61. The van der Waals surface area contributed by atoms with Crippen LogP contribution in [0.4, 0.5) is 4.39 Å². The molecule has 1 aromatic heterocycles. The summed E-state index contributed by atoms with van der Waals surface area (Å²) in [6.45, 7) is -0.349. The van der Waals surface area contributed by atoms with Gasteiger partial charge in [0.05, 0.1) is 4.88 Å². The van der Waals surface area contributed by atoms with Gasteiger partial charge in [0.15, 0.2) is 0 Å². The van der Waals surface area contributed by atoms with Gasteiger partial charge in [-0.3, -0.25) is 4.79 Å². The number of carbonyl (C=O) groups excluding carboxylic acids is 1. The molecule has 1 atom stereocenters. The number of nitrogens with one attached hydrogen (secondary N) is 1. The summed E-state index contributed by atoms with van der Waals surface area (Å²) in [4.78, 5) is 23.1. The summed E-state index contributed by atoms with van der Waals surface area (Å²) in [6.07, 6.45) is -0.0830. The predicted molar refractivity (Wildman–Crippen MR) is 72.4 cm³/mol. The fourth-order valence-corrected chi connectivity index (χ4v) is 2.73. The zero-order chi connectivity index (χ0) is 14.7. The van der Waals surface area contributed by atoms with Gasteiger partial charge in [0.2, 0.25) is 0 Å². The quantitative estimate of drug-likeness (QED) is 0.782. The third-order valence-electron chi connectivity index (χ3n) is 2.75. The molecule has 0 fully saturated rings. The van der Waals surface area contributed by atoms with E-state index >= 15 is 0 Å². The third kappa shape index (κ3) is 2.94. The number of thiophene rings is 1. The Morgan fingerprint density at radius 3 is 2.75 bits per heavy atom. The molecule has 2 aromatic rings. The molecule has 5 nitrogen and oxygen atoms in total. The molecule has 0 saturated heterocycles. The van der Waals surface area contributed by atoms with E-state index < -0.39 is 23.7 Å². The normalized spacial score (nSPS) is 12.3. The number of carboxylic acids is 1. The number of carbonyl (C=O) groups is 2. The number of fused-ring (bicyclic) bond motifs is 1. The van der Waals surface area contributed by atoms with Crippen molar-refractivity contribution >= 4 is 33.3 Å². The summed E-state index contributed by atoms with van der Waals surface area (Å²) in [5.74, 6) is -2.24. The van der Waals surface area contributed by atoms with Crippen molar-refractivity contribution in [2.45, 2.75) is 12.5 Å². The number of aliphatic carboxylic acids is 1. The number of aliphatic hydroxyl groups is 1. The van der Waals surface area contributed by atoms with Crippen LogP contribution in [0.15, 0.2) is 24.3 Å². The largest absolute Gasteiger partial charge is 0.480 e. The molecule has 1 heterocycles. The molecular formula is C13H12FNO4S. The molecule has 0 spiro atoms. The first-order valence-corrected chi connectivity index (χ1v) is 6.67. The second-order valence-electron chi connectivity index (χ2n) is 4.14. The maximum atomic E-state index is 13.5. The molecule has 1 amide bonds. The Hall–Kier alpha value is -1.99. The number of benzene rings is 1. The van der Waals surface area contributed by atoms with Gasteiger partial charge in [-0.2, -0.15) is 0 Å². The van der Waals surface area contributed by atoms with Crippen LogP contribution in [-0.4, -0.2) is 34.7 Å². The van der Waals surface area contributed by atoms with Crippen LogP contribution < -0.4 is 5.32 Å². The minimum atomic E-state index is -1.22. The molecule has 20 heavy (non-hydrogen) atoms. The van der Waals surface area contributed by atoms with Crippen LogP contribution in [0.5, 0.6) is 0 Å². The van der Waals surface area contributed by atoms with Crippen molar-refractivity contribution in [3.63, 3.8) is 0 Å². The Morgan fingerprint density at radius 2 is 2.15 bits per heavy atom. The Labute approximate surface area is 117 Å². The maximum Gasteiger partial charge on any atom is 0.326 e. The fraction of sp³-hybridized carbons (Fsp3) is 0.231. The van der Waals surface area contributed by atoms with Gasteiger partial charge in [-0.15, -0.1) is 11.3 Å². The molecule has 7 heteroatoms. The van der Waals surface area contributed by atoms with Crippen molar-refractivity contribution in [1.29, 1.82) is 0 Å². The van der Waals surface area contributed by atoms with Crippen molar-refractivity contribution < 1.29 is 24.2 Å². The number of rotatable bonds is 5. The number of aliphatic hydroxyl groups excluding tert-OH is 1. The van der Waals surface area contributed by atoms with E-state index in [0.29, 0.717) is 10.1 Å². The Balaban J connectivity index is 2.22. The number of carboxylic acid groups (broad SMARTS) is 1. The maximum absolute atomic E-state index is 13.5. The van der Waals surface area contributed by atoms with Gasteiger partial charge >= 0.3 is 5.97 Å². The van der Waals surface area contributed by atoms with Gasteiger partial charge in [-0.1, -0.05) is 6.07 Å². The van der Waals surface area contributed by atoms with E-state index in [-0.39, 0.29) is 17.9 Å². The van der Waals surface area contributed by atoms with Crippen LogP contribution in [0.2, 0.25) is 0 Å². The summed E-state index contributed by atoms with van der Waals surface area (Å²) in [5, 5.41) is 20.3. The van der Waals surface area contributed by atoms with Gasteiger partial charge in [-0.05, 0) is 18.2 Å². The lowest BCUT2D eigenvalue weighted by Gasteiger charge is -2.11. The van der Waals surface area contributed by atoms with E-state index in [4.69, 9.17) is 10.2 Å². The van der Waals surface area contributed by atoms with Gasteiger partial charge in [0.1, 0.15) is 11.9 Å². The van der Waals surface area contributed by atoms with E-state index in [9.17, 15) is 14.0 Å². The minimum absolute atomic E-state index is 0.0830. The molecule has 3 N–H and O–H groups in total. The van der Waals surface area contributed by atoms with Crippen molar-refractivity contribution in [2.24, 2.45) is 0 Å². The number of hydrogen-bond donors (Lipinski definition) is 3. The second-order valence-corrected chi connectivity index (χ2v) is 5.22. The Morgan fingerprint density at radius 1 is 1.40 bits per heavy atom. The Kier molecular flexibility index (Phi) is 4.31. The summed E-state index contributed by atoms with van der Waals surface area (Å²) in [6, 6.07) is 4.75. The molecule has 106 valence electrons. The molecule has 0 radical (unpaired) electrons. The van der Waals surface area contributed by atoms with E-state index in [1.807, 2.05) is 0 Å². The van der Waals surface area contributed by atoms with Crippen LogP contribution in [0.3, 0.4) is 0 Å². The highest BCUT2D eigenvalue weighted by Gasteiger charge is 2.21. The van der Waals surface area contributed by atoms with Gasteiger partial charge < -0.3 is 15.5 Å². The Bertz CT molecular complexity index is 655. The highest BCUT2D eigenvalue weighted by atomic mass is 32.1. The van der Waals surface area contributed by atoms with Crippen LogP contribution in [-0.2, 0) is 4.79 Å². The zero-order valence-corrected chi connectivity index (χ0v) is 11.1. The van der Waals surface area contributed by atoms with Crippen molar-refractivity contribution in [2.75, 3.05) is 6.61 Å².